The summed E-state index contributed by atoms with van der Waals surface area (Å²) in [5.41, 5.74) is 1.91. The van der Waals surface area contributed by atoms with Crippen molar-refractivity contribution in [2.45, 2.75) is 65.1 Å². The topological polar surface area (TPSA) is 62.2 Å². The fourth-order valence-electron chi connectivity index (χ4n) is 5.27. The third kappa shape index (κ3) is 7.23. The standard InChI is InChI=1S/C30H42N2O4/c1-23-4-8-25(9-5-23)35-28-14-18-32(19-15-28)29(34)30(2,3)22-24-6-10-26(11-7-24)36-27-12-16-31(17-13-27)20-21-33/h4-11,27-28,33H,12-22H2,1-3H3. The van der Waals surface area contributed by atoms with E-state index in [0.29, 0.717) is 6.42 Å². The molecule has 1 N–H and O–H groups in total. The average molecular weight is 495 g/mol. The number of aliphatic hydroxyl groups is 1. The predicted molar refractivity (Wildman–Crippen MR) is 143 cm³/mol. The number of amides is 1. The number of aryl methyl sites for hydroxylation is 1. The lowest BCUT2D eigenvalue weighted by molar-refractivity contribution is -0.142. The van der Waals surface area contributed by atoms with Gasteiger partial charge in [-0.15, -0.1) is 0 Å². The van der Waals surface area contributed by atoms with Crippen LogP contribution in [0.15, 0.2) is 48.5 Å². The second-order valence-corrected chi connectivity index (χ2v) is 11.0. The van der Waals surface area contributed by atoms with E-state index < -0.39 is 5.41 Å². The zero-order valence-corrected chi connectivity index (χ0v) is 22.1. The van der Waals surface area contributed by atoms with E-state index >= 15 is 0 Å². The smallest absolute Gasteiger partial charge is 0.228 e. The maximum atomic E-state index is 13.4. The van der Waals surface area contributed by atoms with Gasteiger partial charge in [0.2, 0.25) is 5.91 Å². The van der Waals surface area contributed by atoms with Crippen LogP contribution < -0.4 is 9.47 Å². The Morgan fingerprint density at radius 1 is 0.861 bits per heavy atom. The minimum atomic E-state index is -0.466. The first-order chi connectivity index (χ1) is 17.3. The van der Waals surface area contributed by atoms with Gasteiger partial charge in [0.05, 0.1) is 6.61 Å². The van der Waals surface area contributed by atoms with Crippen molar-refractivity contribution in [3.8, 4) is 11.5 Å². The van der Waals surface area contributed by atoms with Crippen LogP contribution >= 0.6 is 0 Å². The molecule has 0 bridgehead atoms. The van der Waals surface area contributed by atoms with E-state index in [-0.39, 0.29) is 24.7 Å². The molecule has 0 aromatic heterocycles. The average Bonchev–Trinajstić information content (AvgIpc) is 2.88. The maximum absolute atomic E-state index is 13.4. The molecular formula is C30H42N2O4. The quantitative estimate of drug-likeness (QED) is 0.557. The normalized spacial score (nSPS) is 18.3. The Morgan fingerprint density at radius 2 is 1.36 bits per heavy atom. The SMILES string of the molecule is Cc1ccc(OC2CCN(C(=O)C(C)(C)Cc3ccc(OC4CCN(CCO)CC4)cc3)CC2)cc1. The van der Waals surface area contributed by atoms with Gasteiger partial charge in [0.1, 0.15) is 23.7 Å². The van der Waals surface area contributed by atoms with E-state index in [1.807, 2.05) is 29.2 Å². The number of ether oxygens (including phenoxy) is 2. The number of aliphatic hydroxyl groups excluding tert-OH is 1. The molecule has 2 saturated heterocycles. The van der Waals surface area contributed by atoms with Crippen LogP contribution in [0, 0.1) is 12.3 Å². The minimum Gasteiger partial charge on any atom is -0.490 e. The van der Waals surface area contributed by atoms with Crippen LogP contribution in [0.5, 0.6) is 11.5 Å². The van der Waals surface area contributed by atoms with Crippen molar-refractivity contribution in [2.24, 2.45) is 5.41 Å². The third-order valence-electron chi connectivity index (χ3n) is 7.45. The van der Waals surface area contributed by atoms with Gasteiger partial charge in [0, 0.05) is 51.0 Å². The van der Waals surface area contributed by atoms with Gasteiger partial charge in [-0.3, -0.25) is 4.79 Å². The minimum absolute atomic E-state index is 0.161. The van der Waals surface area contributed by atoms with Crippen LogP contribution in [0.3, 0.4) is 0 Å². The molecule has 36 heavy (non-hydrogen) atoms. The van der Waals surface area contributed by atoms with Crippen molar-refractivity contribution in [1.29, 1.82) is 0 Å². The number of carbonyl (C=O) groups excluding carboxylic acids is 1. The number of rotatable bonds is 9. The van der Waals surface area contributed by atoms with E-state index in [4.69, 9.17) is 14.6 Å². The van der Waals surface area contributed by atoms with Crippen LogP contribution in [-0.4, -0.2) is 72.4 Å². The lowest BCUT2D eigenvalue weighted by Gasteiger charge is -2.37. The second-order valence-electron chi connectivity index (χ2n) is 11.0. The highest BCUT2D eigenvalue weighted by molar-refractivity contribution is 5.82. The molecule has 1 amide bonds. The highest BCUT2D eigenvalue weighted by Gasteiger charge is 2.34. The number of hydrogen-bond donors (Lipinski definition) is 1. The molecule has 0 saturated carbocycles. The van der Waals surface area contributed by atoms with Gasteiger partial charge < -0.3 is 24.4 Å². The van der Waals surface area contributed by atoms with Crippen molar-refractivity contribution in [3.05, 3.63) is 59.7 Å². The number of β-amino-alcohol motifs (C(OH)–C–C–N with tert-alkyl or cyclic N) is 1. The highest BCUT2D eigenvalue weighted by atomic mass is 16.5. The van der Waals surface area contributed by atoms with Gasteiger partial charge in [0.15, 0.2) is 0 Å². The predicted octanol–water partition coefficient (Wildman–Crippen LogP) is 4.47. The van der Waals surface area contributed by atoms with Crippen LogP contribution in [0.4, 0.5) is 0 Å². The van der Waals surface area contributed by atoms with E-state index in [1.165, 1.54) is 5.56 Å². The summed E-state index contributed by atoms with van der Waals surface area (Å²) in [4.78, 5) is 17.7. The van der Waals surface area contributed by atoms with Crippen molar-refractivity contribution < 1.29 is 19.4 Å². The Labute approximate surface area is 216 Å². The molecule has 2 aliphatic heterocycles. The first-order valence-corrected chi connectivity index (χ1v) is 13.4. The third-order valence-corrected chi connectivity index (χ3v) is 7.45. The first kappa shape index (κ1) is 26.5. The van der Waals surface area contributed by atoms with E-state index in [1.54, 1.807) is 0 Å². The fraction of sp³-hybridized carbons (Fsp3) is 0.567. The summed E-state index contributed by atoms with van der Waals surface area (Å²) in [7, 11) is 0. The zero-order valence-electron chi connectivity index (χ0n) is 22.1. The number of nitrogens with zero attached hydrogens (tertiary/aromatic N) is 2. The summed E-state index contributed by atoms with van der Waals surface area (Å²) in [6.45, 7) is 10.5. The molecule has 0 unspecified atom stereocenters. The Balaban J connectivity index is 1.23. The largest absolute Gasteiger partial charge is 0.490 e. The molecule has 2 aromatic rings. The van der Waals surface area contributed by atoms with E-state index in [0.717, 1.165) is 75.5 Å². The Morgan fingerprint density at radius 3 is 1.89 bits per heavy atom. The maximum Gasteiger partial charge on any atom is 0.228 e. The number of benzene rings is 2. The van der Waals surface area contributed by atoms with Crippen molar-refractivity contribution in [1.82, 2.24) is 9.80 Å². The fourth-order valence-corrected chi connectivity index (χ4v) is 5.27. The van der Waals surface area contributed by atoms with Crippen LogP contribution in [0.1, 0.15) is 50.7 Å². The van der Waals surface area contributed by atoms with Gasteiger partial charge in [-0.05, 0) is 56.0 Å². The molecule has 2 heterocycles. The Kier molecular flexibility index (Phi) is 8.91. The van der Waals surface area contributed by atoms with Gasteiger partial charge in [-0.2, -0.15) is 0 Å². The summed E-state index contributed by atoms with van der Waals surface area (Å²) in [6.07, 6.45) is 4.77. The summed E-state index contributed by atoms with van der Waals surface area (Å²) in [5, 5.41) is 9.10. The van der Waals surface area contributed by atoms with Crippen molar-refractivity contribution in [3.63, 3.8) is 0 Å². The molecule has 6 nitrogen and oxygen atoms in total. The summed E-state index contributed by atoms with van der Waals surface area (Å²) in [5.74, 6) is 2.01. The lowest BCUT2D eigenvalue weighted by atomic mass is 9.83. The van der Waals surface area contributed by atoms with Crippen LogP contribution in [-0.2, 0) is 11.2 Å². The number of likely N-dealkylation sites (tertiary alicyclic amines) is 2. The highest BCUT2D eigenvalue weighted by Crippen LogP contribution is 2.29. The van der Waals surface area contributed by atoms with Gasteiger partial charge in [-0.1, -0.05) is 43.7 Å². The van der Waals surface area contributed by atoms with Crippen molar-refractivity contribution in [2.75, 3.05) is 39.3 Å². The molecule has 0 spiro atoms. The first-order valence-electron chi connectivity index (χ1n) is 13.4. The second kappa shape index (κ2) is 12.1. The molecule has 0 aliphatic carbocycles. The molecule has 6 heteroatoms. The lowest BCUT2D eigenvalue weighted by Crippen LogP contribution is -2.47. The van der Waals surface area contributed by atoms with Gasteiger partial charge >= 0.3 is 0 Å². The van der Waals surface area contributed by atoms with Crippen LogP contribution in [0.2, 0.25) is 0 Å². The molecule has 2 aromatic carbocycles. The zero-order chi connectivity index (χ0) is 25.5. The van der Waals surface area contributed by atoms with Gasteiger partial charge in [-0.25, -0.2) is 0 Å². The number of carbonyl (C=O) groups is 1. The summed E-state index contributed by atoms with van der Waals surface area (Å²) in [6, 6.07) is 16.4. The Hall–Kier alpha value is -2.57. The molecule has 0 atom stereocenters. The molecule has 2 fully saturated rings. The summed E-state index contributed by atoms with van der Waals surface area (Å²) >= 11 is 0. The Bertz CT molecular complexity index is 957. The molecule has 196 valence electrons. The molecule has 4 rings (SSSR count). The van der Waals surface area contributed by atoms with E-state index in [9.17, 15) is 4.79 Å². The van der Waals surface area contributed by atoms with Gasteiger partial charge in [0.25, 0.3) is 0 Å². The monoisotopic (exact) mass is 494 g/mol. The number of hydrogen-bond acceptors (Lipinski definition) is 5. The molecule has 0 radical (unpaired) electrons. The van der Waals surface area contributed by atoms with Crippen LogP contribution in [0.25, 0.3) is 0 Å². The summed E-state index contributed by atoms with van der Waals surface area (Å²) < 4.78 is 12.3. The molecule has 2 aliphatic rings. The van der Waals surface area contributed by atoms with E-state index in [2.05, 4.69) is 49.9 Å². The van der Waals surface area contributed by atoms with Crippen molar-refractivity contribution >= 4 is 5.91 Å². The molecular weight excluding hydrogens is 452 g/mol. The number of piperidine rings is 2.